The van der Waals surface area contributed by atoms with E-state index in [4.69, 9.17) is 16.3 Å². The van der Waals surface area contributed by atoms with Gasteiger partial charge in [0.15, 0.2) is 0 Å². The van der Waals surface area contributed by atoms with E-state index >= 15 is 0 Å². The maximum atomic E-state index is 12.1. The Balaban J connectivity index is 1.38. The van der Waals surface area contributed by atoms with Crippen molar-refractivity contribution in [3.63, 3.8) is 0 Å². The zero-order valence-corrected chi connectivity index (χ0v) is 22.3. The molecule has 0 fully saturated rings. The van der Waals surface area contributed by atoms with Gasteiger partial charge in [-0.2, -0.15) is 0 Å². The molecule has 2 unspecified atom stereocenters. The number of nitrogens with zero attached hydrogens (tertiary/aromatic N) is 1. The largest absolute Gasteiger partial charge is 0.491 e. The summed E-state index contributed by atoms with van der Waals surface area (Å²) in [7, 11) is 0. The number of nitrogens with one attached hydrogen (secondary N) is 2. The molecule has 194 valence electrons. The van der Waals surface area contributed by atoms with Gasteiger partial charge in [-0.3, -0.25) is 9.78 Å². The molecule has 2 aromatic heterocycles. The molecule has 7 heteroatoms. The molecule has 0 bridgehead atoms. The predicted octanol–water partition coefficient (Wildman–Crippen LogP) is 6.13. The van der Waals surface area contributed by atoms with Crippen molar-refractivity contribution in [2.45, 2.75) is 45.6 Å². The highest BCUT2D eigenvalue weighted by Crippen LogP contribution is 2.34. The zero-order valence-electron chi connectivity index (χ0n) is 21.5. The van der Waals surface area contributed by atoms with Gasteiger partial charge < -0.3 is 20.1 Å². The number of amides is 1. The van der Waals surface area contributed by atoms with Crippen LogP contribution in [0.4, 0.5) is 0 Å². The van der Waals surface area contributed by atoms with Gasteiger partial charge >= 0.3 is 0 Å². The number of aryl methyl sites for hydroxylation is 1. The fourth-order valence-electron chi connectivity index (χ4n) is 4.39. The Morgan fingerprint density at radius 1 is 1.14 bits per heavy atom. The normalized spacial score (nSPS) is 13.0. The van der Waals surface area contributed by atoms with Crippen LogP contribution in [0.3, 0.4) is 0 Å². The number of hydrogen-bond acceptors (Lipinski definition) is 4. The molecule has 0 aliphatic heterocycles. The molecule has 4 aromatic rings. The first-order chi connectivity index (χ1) is 17.8. The minimum atomic E-state index is -0.832. The Morgan fingerprint density at radius 2 is 1.92 bits per heavy atom. The topological polar surface area (TPSA) is 87.2 Å². The van der Waals surface area contributed by atoms with E-state index in [0.717, 1.165) is 23.4 Å². The second-order valence-corrected chi connectivity index (χ2v) is 10.3. The number of hydrogen-bond donors (Lipinski definition) is 3. The van der Waals surface area contributed by atoms with Crippen LogP contribution in [-0.4, -0.2) is 40.2 Å². The van der Waals surface area contributed by atoms with Crippen molar-refractivity contribution in [3.8, 4) is 5.75 Å². The van der Waals surface area contributed by atoms with Gasteiger partial charge in [0, 0.05) is 46.5 Å². The third-order valence-corrected chi connectivity index (χ3v) is 6.79. The Bertz CT molecular complexity index is 1320. The average molecular weight is 520 g/mol. The smallest absolute Gasteiger partial charge is 0.252 e. The SMILES string of the molecule is CC(C)CCc1c(C(C)c2ccc(OCC(O)CNC(=O)c3cccnc3)cc2)[nH]c2ccc(Cl)cc12. The number of ether oxygens (including phenoxy) is 1. The second kappa shape index (κ2) is 12.3. The first kappa shape index (κ1) is 26.7. The molecule has 37 heavy (non-hydrogen) atoms. The van der Waals surface area contributed by atoms with Crippen LogP contribution < -0.4 is 10.1 Å². The third-order valence-electron chi connectivity index (χ3n) is 6.55. The lowest BCUT2D eigenvalue weighted by atomic mass is 9.91. The molecule has 0 spiro atoms. The van der Waals surface area contributed by atoms with E-state index in [2.05, 4.69) is 54.3 Å². The van der Waals surface area contributed by atoms with Gasteiger partial charge in [0.25, 0.3) is 5.91 Å². The average Bonchev–Trinajstić information content (AvgIpc) is 3.27. The van der Waals surface area contributed by atoms with Crippen molar-refractivity contribution in [1.29, 1.82) is 0 Å². The van der Waals surface area contributed by atoms with E-state index < -0.39 is 6.10 Å². The Kier molecular flexibility index (Phi) is 8.85. The lowest BCUT2D eigenvalue weighted by molar-refractivity contribution is 0.0843. The number of aliphatic hydroxyl groups is 1. The summed E-state index contributed by atoms with van der Waals surface area (Å²) in [5, 5.41) is 14.9. The number of aromatic nitrogens is 2. The van der Waals surface area contributed by atoms with E-state index in [1.54, 1.807) is 18.3 Å². The van der Waals surface area contributed by atoms with Crippen LogP contribution in [0.1, 0.15) is 60.3 Å². The highest BCUT2D eigenvalue weighted by molar-refractivity contribution is 6.31. The molecule has 1 amide bonds. The summed E-state index contributed by atoms with van der Waals surface area (Å²) in [4.78, 5) is 19.7. The Morgan fingerprint density at radius 3 is 2.62 bits per heavy atom. The number of aliphatic hydroxyl groups excluding tert-OH is 1. The molecule has 2 atom stereocenters. The highest BCUT2D eigenvalue weighted by Gasteiger charge is 2.19. The molecule has 3 N–H and O–H groups in total. The number of halogens is 1. The van der Waals surface area contributed by atoms with Crippen LogP contribution in [0.5, 0.6) is 5.75 Å². The van der Waals surface area contributed by atoms with Crippen LogP contribution in [0.25, 0.3) is 10.9 Å². The fourth-order valence-corrected chi connectivity index (χ4v) is 4.57. The Hall–Kier alpha value is -3.35. The van der Waals surface area contributed by atoms with E-state index in [1.165, 1.54) is 28.4 Å². The number of aromatic amines is 1. The maximum Gasteiger partial charge on any atom is 0.252 e. The number of carbonyl (C=O) groups excluding carboxylic acids is 1. The number of benzene rings is 2. The van der Waals surface area contributed by atoms with E-state index in [1.807, 2.05) is 24.3 Å². The lowest BCUT2D eigenvalue weighted by Gasteiger charge is -2.16. The van der Waals surface area contributed by atoms with Crippen molar-refractivity contribution in [3.05, 3.63) is 94.4 Å². The van der Waals surface area contributed by atoms with E-state index in [-0.39, 0.29) is 25.0 Å². The molecule has 0 saturated carbocycles. The van der Waals surface area contributed by atoms with Crippen LogP contribution in [0.2, 0.25) is 5.02 Å². The van der Waals surface area contributed by atoms with Crippen molar-refractivity contribution < 1.29 is 14.6 Å². The summed E-state index contributed by atoms with van der Waals surface area (Å²) in [6.07, 6.45) is 4.36. The molecule has 2 heterocycles. The summed E-state index contributed by atoms with van der Waals surface area (Å²) in [5.74, 6) is 1.16. The number of carbonyl (C=O) groups is 1. The first-order valence-corrected chi connectivity index (χ1v) is 13.1. The molecule has 0 radical (unpaired) electrons. The van der Waals surface area contributed by atoms with Gasteiger partial charge in [-0.1, -0.05) is 44.5 Å². The van der Waals surface area contributed by atoms with Crippen LogP contribution in [0.15, 0.2) is 67.0 Å². The van der Waals surface area contributed by atoms with Crippen molar-refractivity contribution in [1.82, 2.24) is 15.3 Å². The summed E-state index contributed by atoms with van der Waals surface area (Å²) in [5.41, 5.74) is 5.27. The van der Waals surface area contributed by atoms with Gasteiger partial charge in [-0.25, -0.2) is 0 Å². The Labute approximate surface area is 223 Å². The fraction of sp³-hybridized carbons (Fsp3) is 0.333. The summed E-state index contributed by atoms with van der Waals surface area (Å²) in [6, 6.07) is 17.3. The van der Waals surface area contributed by atoms with Gasteiger partial charge in [0.2, 0.25) is 0 Å². The lowest BCUT2D eigenvalue weighted by Crippen LogP contribution is -2.35. The van der Waals surface area contributed by atoms with Crippen LogP contribution in [-0.2, 0) is 6.42 Å². The molecule has 0 saturated heterocycles. The summed E-state index contributed by atoms with van der Waals surface area (Å²) < 4.78 is 5.76. The number of pyridine rings is 1. The molecular weight excluding hydrogens is 486 g/mol. The van der Waals surface area contributed by atoms with Crippen molar-refractivity contribution >= 4 is 28.4 Å². The van der Waals surface area contributed by atoms with Gasteiger partial charge in [0.05, 0.1) is 5.56 Å². The second-order valence-electron chi connectivity index (χ2n) is 9.85. The monoisotopic (exact) mass is 519 g/mol. The standard InChI is InChI=1S/C30H34ClN3O3/c1-19(2)6-12-26-27-15-23(31)9-13-28(27)34-29(26)20(3)21-7-10-25(11-8-21)37-18-24(35)17-33-30(36)22-5-4-14-32-16-22/h4-5,7-11,13-16,19-20,24,34-35H,6,12,17-18H2,1-3H3,(H,33,36). The number of rotatable bonds is 11. The number of H-pyrrole nitrogens is 1. The number of fused-ring (bicyclic) bond motifs is 1. The van der Waals surface area contributed by atoms with Gasteiger partial charge in [-0.15, -0.1) is 0 Å². The summed E-state index contributed by atoms with van der Waals surface area (Å²) in [6.45, 7) is 6.86. The minimum absolute atomic E-state index is 0.0738. The third kappa shape index (κ3) is 6.90. The van der Waals surface area contributed by atoms with E-state index in [9.17, 15) is 9.90 Å². The highest BCUT2D eigenvalue weighted by atomic mass is 35.5. The zero-order chi connectivity index (χ0) is 26.4. The summed E-state index contributed by atoms with van der Waals surface area (Å²) >= 11 is 6.32. The van der Waals surface area contributed by atoms with Crippen molar-refractivity contribution in [2.24, 2.45) is 5.92 Å². The molecule has 0 aliphatic carbocycles. The van der Waals surface area contributed by atoms with Crippen LogP contribution >= 0.6 is 11.6 Å². The molecule has 4 rings (SSSR count). The molecule has 0 aliphatic rings. The van der Waals surface area contributed by atoms with Crippen molar-refractivity contribution in [2.75, 3.05) is 13.2 Å². The van der Waals surface area contributed by atoms with E-state index in [0.29, 0.717) is 17.2 Å². The predicted molar refractivity (Wildman–Crippen MR) is 148 cm³/mol. The molecule has 6 nitrogen and oxygen atoms in total. The quantitative estimate of drug-likeness (QED) is 0.222. The minimum Gasteiger partial charge on any atom is -0.491 e. The first-order valence-electron chi connectivity index (χ1n) is 12.7. The molecular formula is C30H34ClN3O3. The van der Waals surface area contributed by atoms with Crippen LogP contribution in [0, 0.1) is 5.92 Å². The van der Waals surface area contributed by atoms with Gasteiger partial charge in [-0.05, 0) is 72.4 Å². The molecule has 2 aromatic carbocycles. The maximum absolute atomic E-state index is 12.1. The van der Waals surface area contributed by atoms with Gasteiger partial charge in [0.1, 0.15) is 18.5 Å².